The van der Waals surface area contributed by atoms with E-state index in [2.05, 4.69) is 32.9 Å². The third-order valence-corrected chi connectivity index (χ3v) is 4.25. The maximum atomic E-state index is 12.0. The van der Waals surface area contributed by atoms with Crippen LogP contribution in [-0.4, -0.2) is 0 Å². The lowest BCUT2D eigenvalue weighted by Crippen LogP contribution is -2.19. The molecule has 0 bridgehead atoms. The highest BCUT2D eigenvalue weighted by atomic mass is 19.3. The van der Waals surface area contributed by atoms with Gasteiger partial charge in [-0.05, 0) is 51.0 Å². The smallest absolute Gasteiger partial charge is 0.173 e. The maximum absolute atomic E-state index is 12.0. The van der Waals surface area contributed by atoms with E-state index in [0.717, 1.165) is 17.2 Å². The molecule has 0 spiro atoms. The highest BCUT2D eigenvalue weighted by molar-refractivity contribution is 5.37. The normalized spacial score (nSPS) is 19.8. The molecule has 0 aliphatic heterocycles. The van der Waals surface area contributed by atoms with Gasteiger partial charge in [-0.2, -0.15) is 8.78 Å². The van der Waals surface area contributed by atoms with Gasteiger partial charge in [0.2, 0.25) is 0 Å². The highest BCUT2D eigenvalue weighted by Crippen LogP contribution is 2.40. The van der Waals surface area contributed by atoms with Gasteiger partial charge >= 0.3 is 0 Å². The van der Waals surface area contributed by atoms with E-state index in [1.165, 1.54) is 36.5 Å². The Morgan fingerprint density at radius 3 is 2.26 bits per heavy atom. The second-order valence-corrected chi connectivity index (χ2v) is 6.90. The van der Waals surface area contributed by atoms with Gasteiger partial charge in [-0.15, -0.1) is 0 Å². The molecule has 0 saturated heterocycles. The minimum absolute atomic E-state index is 0.247. The standard InChI is InChI=1S/C21H28F2/c1-16(8-6-9-17(2)12-14-20(22)23)11-13-19-18(3)10-7-15-21(19,4)5/h6,8-9,11-14H,7,10,15H2,1-5H3/b9-6+,13-11+,16-8+,17-12+. The summed E-state index contributed by atoms with van der Waals surface area (Å²) in [5.41, 5.74) is 5.11. The second kappa shape index (κ2) is 8.81. The van der Waals surface area contributed by atoms with E-state index in [0.29, 0.717) is 0 Å². The predicted molar refractivity (Wildman–Crippen MR) is 96.4 cm³/mol. The van der Waals surface area contributed by atoms with E-state index in [9.17, 15) is 8.78 Å². The Labute approximate surface area is 139 Å². The molecule has 0 atom stereocenters. The molecule has 0 unspecified atom stereocenters. The Morgan fingerprint density at radius 1 is 1.00 bits per heavy atom. The first kappa shape index (κ1) is 19.3. The fraction of sp³-hybridized carbons (Fsp3) is 0.429. The van der Waals surface area contributed by atoms with Crippen molar-refractivity contribution >= 4 is 0 Å². The van der Waals surface area contributed by atoms with Crippen molar-refractivity contribution in [2.45, 2.75) is 53.9 Å². The van der Waals surface area contributed by atoms with Crippen molar-refractivity contribution in [2.24, 2.45) is 5.41 Å². The lowest BCUT2D eigenvalue weighted by molar-refractivity contribution is 0.377. The van der Waals surface area contributed by atoms with Crippen LogP contribution in [0.1, 0.15) is 53.9 Å². The van der Waals surface area contributed by atoms with Gasteiger partial charge in [0.1, 0.15) is 0 Å². The van der Waals surface area contributed by atoms with Gasteiger partial charge in [-0.1, -0.05) is 67.0 Å². The quantitative estimate of drug-likeness (QED) is 0.466. The average Bonchev–Trinajstić information content (AvgIpc) is 2.44. The molecule has 0 aromatic rings. The van der Waals surface area contributed by atoms with E-state index in [4.69, 9.17) is 0 Å². The topological polar surface area (TPSA) is 0 Å². The van der Waals surface area contributed by atoms with E-state index < -0.39 is 6.08 Å². The van der Waals surface area contributed by atoms with Crippen molar-refractivity contribution in [3.05, 3.63) is 70.9 Å². The molecule has 0 fully saturated rings. The van der Waals surface area contributed by atoms with Crippen LogP contribution in [0, 0.1) is 5.41 Å². The molecule has 0 N–H and O–H groups in total. The molecule has 0 saturated carbocycles. The minimum atomic E-state index is -1.67. The van der Waals surface area contributed by atoms with Crippen molar-refractivity contribution in [1.82, 2.24) is 0 Å². The number of allylic oxidation sites excluding steroid dienone is 11. The van der Waals surface area contributed by atoms with Crippen LogP contribution in [0.25, 0.3) is 0 Å². The summed E-state index contributed by atoms with van der Waals surface area (Å²) in [5, 5.41) is 0. The SMILES string of the molecule is CC1=C(/C=C/C(C)=C/C=C/C(C)=C/C=C(F)F)C(C)(C)CCC1. The number of hydrogen-bond donors (Lipinski definition) is 0. The van der Waals surface area contributed by atoms with Crippen molar-refractivity contribution in [1.29, 1.82) is 0 Å². The first-order chi connectivity index (χ1) is 10.7. The molecule has 0 radical (unpaired) electrons. The number of rotatable bonds is 5. The van der Waals surface area contributed by atoms with E-state index >= 15 is 0 Å². The fourth-order valence-corrected chi connectivity index (χ4v) is 2.88. The van der Waals surface area contributed by atoms with E-state index in [1.54, 1.807) is 6.92 Å². The van der Waals surface area contributed by atoms with Crippen LogP contribution >= 0.6 is 0 Å². The van der Waals surface area contributed by atoms with Gasteiger partial charge in [0.25, 0.3) is 6.08 Å². The molecule has 23 heavy (non-hydrogen) atoms. The molecule has 0 nitrogen and oxygen atoms in total. The first-order valence-corrected chi connectivity index (χ1v) is 8.15. The molecule has 2 heteroatoms. The van der Waals surface area contributed by atoms with Gasteiger partial charge in [0, 0.05) is 6.08 Å². The summed E-state index contributed by atoms with van der Waals surface area (Å²) in [7, 11) is 0. The minimum Gasteiger partial charge on any atom is -0.173 e. The zero-order valence-electron chi connectivity index (χ0n) is 14.9. The van der Waals surface area contributed by atoms with Crippen LogP contribution in [0.5, 0.6) is 0 Å². The van der Waals surface area contributed by atoms with Crippen LogP contribution in [0.3, 0.4) is 0 Å². The largest absolute Gasteiger partial charge is 0.270 e. The summed E-state index contributed by atoms with van der Waals surface area (Å²) in [5.74, 6) is 0. The molecule has 0 aromatic heterocycles. The van der Waals surface area contributed by atoms with Crippen molar-refractivity contribution < 1.29 is 8.78 Å². The molecule has 0 aromatic carbocycles. The fourth-order valence-electron chi connectivity index (χ4n) is 2.88. The molecule has 0 amide bonds. The molecule has 0 heterocycles. The molecular weight excluding hydrogens is 290 g/mol. The van der Waals surface area contributed by atoms with Gasteiger partial charge in [0.05, 0.1) is 0 Å². The highest BCUT2D eigenvalue weighted by Gasteiger charge is 2.26. The number of halogens is 2. The van der Waals surface area contributed by atoms with Crippen molar-refractivity contribution in [3.63, 3.8) is 0 Å². The maximum Gasteiger partial charge on any atom is 0.270 e. The van der Waals surface area contributed by atoms with E-state index in [-0.39, 0.29) is 5.41 Å². The Bertz CT molecular complexity index is 589. The summed E-state index contributed by atoms with van der Waals surface area (Å²) in [6, 6.07) is 0. The second-order valence-electron chi connectivity index (χ2n) is 6.90. The van der Waals surface area contributed by atoms with Gasteiger partial charge in [0.15, 0.2) is 0 Å². The zero-order valence-corrected chi connectivity index (χ0v) is 14.9. The molecule has 126 valence electrons. The third kappa shape index (κ3) is 6.94. The summed E-state index contributed by atoms with van der Waals surface area (Å²) in [6.45, 7) is 10.7. The summed E-state index contributed by atoms with van der Waals surface area (Å²) >= 11 is 0. The Kier molecular flexibility index (Phi) is 7.41. The lowest BCUT2D eigenvalue weighted by atomic mass is 9.72. The van der Waals surface area contributed by atoms with E-state index in [1.807, 2.05) is 25.2 Å². The van der Waals surface area contributed by atoms with Gasteiger partial charge in [-0.25, -0.2) is 0 Å². The van der Waals surface area contributed by atoms with Crippen LogP contribution in [0.2, 0.25) is 0 Å². The first-order valence-electron chi connectivity index (χ1n) is 8.15. The van der Waals surface area contributed by atoms with Crippen LogP contribution in [-0.2, 0) is 0 Å². The lowest BCUT2D eigenvalue weighted by Gasteiger charge is -2.32. The van der Waals surface area contributed by atoms with Crippen LogP contribution < -0.4 is 0 Å². The van der Waals surface area contributed by atoms with Gasteiger partial charge in [-0.3, -0.25) is 0 Å². The van der Waals surface area contributed by atoms with Gasteiger partial charge < -0.3 is 0 Å². The Morgan fingerprint density at radius 2 is 1.65 bits per heavy atom. The Hall–Kier alpha value is -1.70. The summed E-state index contributed by atoms with van der Waals surface area (Å²) in [6.07, 6.45) is 14.3. The van der Waals surface area contributed by atoms with Crippen LogP contribution in [0.4, 0.5) is 8.78 Å². The molecule has 1 aliphatic carbocycles. The average molecular weight is 318 g/mol. The predicted octanol–water partition coefficient (Wildman–Crippen LogP) is 7.30. The monoisotopic (exact) mass is 318 g/mol. The molecule has 1 rings (SSSR count). The zero-order chi connectivity index (χ0) is 17.5. The number of hydrogen-bond acceptors (Lipinski definition) is 0. The Balaban J connectivity index is 2.77. The third-order valence-electron chi connectivity index (χ3n) is 4.25. The van der Waals surface area contributed by atoms with Crippen molar-refractivity contribution in [3.8, 4) is 0 Å². The summed E-state index contributed by atoms with van der Waals surface area (Å²) < 4.78 is 24.0. The summed E-state index contributed by atoms with van der Waals surface area (Å²) in [4.78, 5) is 0. The van der Waals surface area contributed by atoms with Crippen LogP contribution in [0.15, 0.2) is 70.9 Å². The molecule has 1 aliphatic rings. The molecular formula is C21H28F2. The van der Waals surface area contributed by atoms with Crippen molar-refractivity contribution in [2.75, 3.05) is 0 Å².